The molecule has 0 fully saturated rings. The molecule has 18 aromatic rings. The van der Waals surface area contributed by atoms with Crippen LogP contribution in [0.25, 0.3) is 177 Å². The summed E-state index contributed by atoms with van der Waals surface area (Å²) in [6.07, 6.45) is 8.82. The van der Waals surface area contributed by atoms with Crippen LogP contribution in [-0.2, 0) is 26.5 Å². The molecule has 1 aliphatic rings. The van der Waals surface area contributed by atoms with Crippen LogP contribution in [0.1, 0.15) is 140 Å². The number of nitrogens with zero attached hydrogens (tertiary/aromatic N) is 5. The van der Waals surface area contributed by atoms with Gasteiger partial charge in [-0.15, -0.1) is 0 Å². The molecule has 19 rings (SSSR count). The average Bonchev–Trinajstić information content (AvgIpc) is 1.08. The molecule has 8 aromatic heterocycles. The lowest BCUT2D eigenvalue weighted by Gasteiger charge is -2.22. The number of aromatic hydroxyl groups is 4. The van der Waals surface area contributed by atoms with Crippen LogP contribution >= 0.6 is 0 Å². The lowest BCUT2D eigenvalue weighted by atomic mass is 9.83. The molecule has 596 valence electrons. The van der Waals surface area contributed by atoms with Crippen molar-refractivity contribution in [1.29, 1.82) is 0 Å². The highest BCUT2D eigenvalue weighted by atomic mass is 16.4. The predicted molar refractivity (Wildman–Crippen MR) is 494 cm³/mol. The number of nitrogens with one attached hydrogen (secondary N) is 3. The van der Waals surface area contributed by atoms with E-state index in [4.69, 9.17) is 30.0 Å². The summed E-state index contributed by atoms with van der Waals surface area (Å²) in [5.74, 6) is -0.123. The molecule has 10 aromatic carbocycles. The van der Waals surface area contributed by atoms with E-state index in [0.717, 1.165) is 144 Å². The van der Waals surface area contributed by atoms with Crippen LogP contribution in [-0.4, -0.2) is 77.7 Å². The summed E-state index contributed by atoms with van der Waals surface area (Å²) in [4.78, 5) is 56.1. The van der Waals surface area contributed by atoms with Gasteiger partial charge in [-0.1, -0.05) is 211 Å². The maximum Gasteiger partial charge on any atom is 0.303 e. The van der Waals surface area contributed by atoms with E-state index in [0.29, 0.717) is 60.8 Å². The number of pyridine rings is 4. The number of rotatable bonds is 7. The molecule has 0 saturated heterocycles. The smallest absolute Gasteiger partial charge is 0.303 e. The van der Waals surface area contributed by atoms with Crippen LogP contribution in [0, 0.1) is 0 Å². The number of carboxylic acid groups (broad SMARTS) is 1. The second-order valence-electron chi connectivity index (χ2n) is 35.0. The molecule has 0 amide bonds. The SMILES string of the molecule is CC(C)(C)c1cc(-c2ccc3ccc4ccc(-c5cc(C(C)(C)C)cc(-c6ccc[nH]6)c5O)nc4c3n2)c(O)c(-c2ccc[nH]2)c1.CC(C)(C)c1cc2c3nc(c(-c4ccc5ccccc5c4)c4ccc([nH]4)c4cc(C(C)(C)C)cc(c4O)c4ccc5ccc6ccc(nc6c5n4)c(c1)c2O)C=C3.CCC(=O)O.O=Cc1ccc2ccccc2c1. The third-order valence-corrected chi connectivity index (χ3v) is 22.5. The van der Waals surface area contributed by atoms with Gasteiger partial charge in [0.15, 0.2) is 0 Å². The van der Waals surface area contributed by atoms with Crippen molar-refractivity contribution in [2.45, 2.75) is 118 Å². The number of aliphatic carboxylic acids is 1. The van der Waals surface area contributed by atoms with Crippen molar-refractivity contribution in [2.24, 2.45) is 0 Å². The van der Waals surface area contributed by atoms with Crippen molar-refractivity contribution in [2.75, 3.05) is 0 Å². The number of fused-ring (bicyclic) bond motifs is 19. The van der Waals surface area contributed by atoms with Gasteiger partial charge in [0.05, 0.1) is 55.9 Å². The van der Waals surface area contributed by atoms with E-state index < -0.39 is 5.97 Å². The van der Waals surface area contributed by atoms with Gasteiger partial charge >= 0.3 is 5.97 Å². The molecule has 0 saturated carbocycles. The monoisotopic (exact) mass is 1580 g/mol. The van der Waals surface area contributed by atoms with E-state index in [-0.39, 0.29) is 51.1 Å². The fraction of sp³-hybridized carbons (Fsp3) is 0.171. The highest BCUT2D eigenvalue weighted by Gasteiger charge is 2.27. The first-order chi connectivity index (χ1) is 57.3. The number of aromatic amines is 3. The molecule has 12 bridgehead atoms. The summed E-state index contributed by atoms with van der Waals surface area (Å²) >= 11 is 0. The summed E-state index contributed by atoms with van der Waals surface area (Å²) in [7, 11) is 0. The standard InChI is InChI=1S/C51H42N4O2.C40H38N4O2.C11H8O.C3H6O2/c1-50(2,3)33-24-35-39-19-21-43(52-39)45(32-14-11-28-9-7-8-10-31(28)23-32)44-22-20-40(53-44)36-25-34(51(4,5)6)27-38(49(36)57)42-18-16-30-13-12-29-15-17-41(37(26-33)48(35)56)54-46(29)47(30)55-42;1-39(2,3)25-19-27(31-9-7-17-41-31)37(45)29(21-25)33-15-13-23-11-12-24-14-16-34(44-36(24)35(23)43-33)30-22-26(40(4,5)6)20-28(38(30)46)32-10-8-18-42-32;12-8-9-5-6-10-3-1-2-4-11(10)7-9;1-2-3(4)5/h7-27,52,56-57H,1-6H3;7-22,41-42,45-46H,1-6H3;1-8H;2H2,1H3,(H,4,5). The molecule has 0 radical (unpaired) electrons. The molecule has 1 aliphatic heterocycles. The Hall–Kier alpha value is -14.3. The number of carboxylic acids is 1. The molecular formula is C105H94N8O7. The minimum absolute atomic E-state index is 0.122. The summed E-state index contributed by atoms with van der Waals surface area (Å²) < 4.78 is 0. The zero-order valence-electron chi connectivity index (χ0n) is 69.5. The molecule has 0 unspecified atom stereocenters. The normalized spacial score (nSPS) is 12.1. The van der Waals surface area contributed by atoms with Crippen molar-refractivity contribution < 1.29 is 35.1 Å². The Morgan fingerprint density at radius 2 is 0.742 bits per heavy atom. The van der Waals surface area contributed by atoms with Gasteiger partial charge in [-0.05, 0) is 205 Å². The number of aromatic nitrogens is 8. The molecule has 0 aliphatic carbocycles. The highest BCUT2D eigenvalue weighted by molar-refractivity contribution is 6.10. The van der Waals surface area contributed by atoms with Gasteiger partial charge in [0.25, 0.3) is 0 Å². The van der Waals surface area contributed by atoms with Crippen LogP contribution in [0.5, 0.6) is 23.0 Å². The highest BCUT2D eigenvalue weighted by Crippen LogP contribution is 2.47. The van der Waals surface area contributed by atoms with Gasteiger partial charge in [0, 0.05) is 118 Å². The first-order valence-electron chi connectivity index (χ1n) is 40.4. The number of carbonyl (C=O) groups is 2. The van der Waals surface area contributed by atoms with Gasteiger partial charge in [-0.3, -0.25) is 9.59 Å². The Morgan fingerprint density at radius 1 is 0.358 bits per heavy atom. The van der Waals surface area contributed by atoms with E-state index in [1.807, 2.05) is 176 Å². The average molecular weight is 1580 g/mol. The Bertz CT molecular complexity index is 7130. The fourth-order valence-electron chi connectivity index (χ4n) is 15.4. The number of hydrogen-bond donors (Lipinski definition) is 8. The Morgan fingerprint density at radius 3 is 1.20 bits per heavy atom. The summed E-state index contributed by atoms with van der Waals surface area (Å²) in [6.45, 7) is 27.7. The van der Waals surface area contributed by atoms with Gasteiger partial charge < -0.3 is 40.5 Å². The summed E-state index contributed by atoms with van der Waals surface area (Å²) in [5.41, 5.74) is 19.2. The lowest BCUT2D eigenvalue weighted by Crippen LogP contribution is -2.11. The van der Waals surface area contributed by atoms with Crippen molar-refractivity contribution in [1.82, 2.24) is 39.9 Å². The van der Waals surface area contributed by atoms with Crippen molar-refractivity contribution in [3.63, 3.8) is 0 Å². The molecule has 15 heteroatoms. The van der Waals surface area contributed by atoms with E-state index in [1.165, 1.54) is 5.39 Å². The van der Waals surface area contributed by atoms with Crippen LogP contribution < -0.4 is 0 Å². The maximum absolute atomic E-state index is 12.2. The molecule has 120 heavy (non-hydrogen) atoms. The molecule has 0 atom stereocenters. The van der Waals surface area contributed by atoms with Gasteiger partial charge in [0.2, 0.25) is 0 Å². The van der Waals surface area contributed by atoms with E-state index in [9.17, 15) is 30.0 Å². The maximum atomic E-state index is 12.2. The minimum atomic E-state index is -0.745. The number of hydrogen-bond acceptors (Lipinski definition) is 11. The zero-order chi connectivity index (χ0) is 84.4. The summed E-state index contributed by atoms with van der Waals surface area (Å²) in [6, 6.07) is 81.0. The second kappa shape index (κ2) is 31.3. The molecule has 0 spiro atoms. The zero-order valence-corrected chi connectivity index (χ0v) is 69.5. The van der Waals surface area contributed by atoms with Gasteiger partial charge in [0.1, 0.15) is 29.3 Å². The van der Waals surface area contributed by atoms with Crippen molar-refractivity contribution >= 4 is 133 Å². The molecule has 9 heterocycles. The van der Waals surface area contributed by atoms with Crippen LogP contribution in [0.2, 0.25) is 0 Å². The number of phenols is 4. The largest absolute Gasteiger partial charge is 0.507 e. The van der Waals surface area contributed by atoms with E-state index in [1.54, 1.807) is 6.92 Å². The quantitative estimate of drug-likeness (QED) is 0.0548. The topological polar surface area (TPSA) is 247 Å². The van der Waals surface area contributed by atoms with Crippen LogP contribution in [0.15, 0.2) is 255 Å². The lowest BCUT2D eigenvalue weighted by molar-refractivity contribution is -0.136. The van der Waals surface area contributed by atoms with E-state index >= 15 is 0 Å². The van der Waals surface area contributed by atoms with Crippen LogP contribution in [0.4, 0.5) is 0 Å². The van der Waals surface area contributed by atoms with Crippen LogP contribution in [0.3, 0.4) is 0 Å². The van der Waals surface area contributed by atoms with Crippen molar-refractivity contribution in [3.8, 4) is 79.2 Å². The third-order valence-electron chi connectivity index (χ3n) is 22.5. The Labute approximate surface area is 695 Å². The first-order valence-corrected chi connectivity index (χ1v) is 40.4. The number of benzene rings is 10. The molecule has 15 nitrogen and oxygen atoms in total. The first kappa shape index (κ1) is 79.5. The van der Waals surface area contributed by atoms with Gasteiger partial charge in [-0.2, -0.15) is 0 Å². The Kier molecular flexibility index (Phi) is 20.7. The minimum Gasteiger partial charge on any atom is -0.507 e. The van der Waals surface area contributed by atoms with E-state index in [2.05, 4.69) is 189 Å². The number of H-pyrrole nitrogens is 3. The molecule has 8 N–H and O–H groups in total. The fourth-order valence-corrected chi connectivity index (χ4v) is 15.4. The van der Waals surface area contributed by atoms with Gasteiger partial charge in [-0.25, -0.2) is 24.9 Å². The number of aldehydes is 1. The Balaban J connectivity index is 0.000000151. The number of phenolic OH excluding ortho intramolecular Hbond substituents is 4. The molecular weight excluding hydrogens is 1490 g/mol. The summed E-state index contributed by atoms with van der Waals surface area (Å²) in [5, 5.41) is 66.3. The van der Waals surface area contributed by atoms with Crippen molar-refractivity contribution in [3.05, 3.63) is 294 Å². The third kappa shape index (κ3) is 15.7. The predicted octanol–water partition coefficient (Wildman–Crippen LogP) is 26.4. The number of carbonyl (C=O) groups excluding carboxylic acids is 1. The second-order valence-corrected chi connectivity index (χ2v) is 35.0.